The number of aromatic amines is 1. The Morgan fingerprint density at radius 1 is 1.11 bits per heavy atom. The first-order valence-corrected chi connectivity index (χ1v) is 12.9. The van der Waals surface area contributed by atoms with Crippen molar-refractivity contribution in [1.29, 1.82) is 0 Å². The standard InChI is InChI=1S/C29H32FN5O3/c1-29(2,38)20-7-5-17(6-8-20)28(37)32-16-19-4-3-18(15-24(19)30)23-13-14-31-26-25(23)27(35-34-26)33-21-9-11-22(36)12-10-21/h3-8,13-15,21-22,36,38H,9-12,16H2,1-2H3,(H,32,37)(H2,31,33,34,35)/t21-,22-. The third kappa shape index (κ3) is 5.54. The zero-order chi connectivity index (χ0) is 26.9. The quantitative estimate of drug-likeness (QED) is 0.243. The van der Waals surface area contributed by atoms with E-state index in [1.165, 1.54) is 6.07 Å². The molecule has 9 heteroatoms. The first-order chi connectivity index (χ1) is 18.2. The molecule has 2 heterocycles. The summed E-state index contributed by atoms with van der Waals surface area (Å²) in [6.45, 7) is 3.40. The van der Waals surface area contributed by atoms with Gasteiger partial charge in [0.05, 0.1) is 17.1 Å². The van der Waals surface area contributed by atoms with Gasteiger partial charge in [-0.15, -0.1) is 0 Å². The largest absolute Gasteiger partial charge is 0.393 e. The highest BCUT2D eigenvalue weighted by Gasteiger charge is 2.22. The summed E-state index contributed by atoms with van der Waals surface area (Å²) in [5.41, 5.74) is 2.59. The Hall–Kier alpha value is -3.82. The molecule has 0 atom stereocenters. The summed E-state index contributed by atoms with van der Waals surface area (Å²) in [4.78, 5) is 17.0. The van der Waals surface area contributed by atoms with Gasteiger partial charge in [0.25, 0.3) is 5.91 Å². The summed E-state index contributed by atoms with van der Waals surface area (Å²) in [5.74, 6) is -0.0859. The number of rotatable bonds is 7. The van der Waals surface area contributed by atoms with Gasteiger partial charge >= 0.3 is 0 Å². The van der Waals surface area contributed by atoms with E-state index in [4.69, 9.17) is 0 Å². The molecule has 4 aromatic rings. The monoisotopic (exact) mass is 517 g/mol. The van der Waals surface area contributed by atoms with Gasteiger partial charge in [0, 0.05) is 29.9 Å². The van der Waals surface area contributed by atoms with Crippen LogP contribution in [0.5, 0.6) is 0 Å². The highest BCUT2D eigenvalue weighted by Crippen LogP contribution is 2.34. The molecule has 1 fully saturated rings. The highest BCUT2D eigenvalue weighted by molar-refractivity contribution is 6.00. The van der Waals surface area contributed by atoms with E-state index in [1.54, 1.807) is 50.4 Å². The summed E-state index contributed by atoms with van der Waals surface area (Å²) < 4.78 is 15.2. The molecule has 0 spiro atoms. The molecule has 5 rings (SSSR count). The van der Waals surface area contributed by atoms with Crippen molar-refractivity contribution in [3.8, 4) is 11.1 Å². The van der Waals surface area contributed by atoms with Gasteiger partial charge in [0.15, 0.2) is 11.5 Å². The Labute approximate surface area is 220 Å². The lowest BCUT2D eigenvalue weighted by atomic mass is 9.93. The van der Waals surface area contributed by atoms with Crippen molar-refractivity contribution in [2.75, 3.05) is 5.32 Å². The lowest BCUT2D eigenvalue weighted by molar-refractivity contribution is 0.0784. The number of amides is 1. The molecule has 1 amide bonds. The maximum Gasteiger partial charge on any atom is 0.251 e. The highest BCUT2D eigenvalue weighted by atomic mass is 19.1. The smallest absolute Gasteiger partial charge is 0.251 e. The van der Waals surface area contributed by atoms with Crippen LogP contribution in [-0.2, 0) is 12.1 Å². The van der Waals surface area contributed by atoms with Crippen LogP contribution in [0.1, 0.15) is 61.0 Å². The number of nitrogens with one attached hydrogen (secondary N) is 3. The molecule has 0 unspecified atom stereocenters. The number of aliphatic hydroxyl groups excluding tert-OH is 1. The van der Waals surface area contributed by atoms with E-state index in [2.05, 4.69) is 25.8 Å². The molecule has 0 aliphatic heterocycles. The number of carbonyl (C=O) groups excluding carboxylic acids is 1. The fourth-order valence-corrected chi connectivity index (χ4v) is 4.87. The molecule has 2 aromatic carbocycles. The van der Waals surface area contributed by atoms with Crippen LogP contribution in [0.25, 0.3) is 22.2 Å². The third-order valence-corrected chi connectivity index (χ3v) is 7.16. The minimum atomic E-state index is -0.993. The van der Waals surface area contributed by atoms with Gasteiger partial charge in [-0.05, 0) is 80.5 Å². The normalized spacial score (nSPS) is 17.9. The van der Waals surface area contributed by atoms with Crippen molar-refractivity contribution in [2.45, 2.75) is 63.8 Å². The summed E-state index contributed by atoms with van der Waals surface area (Å²) in [7, 11) is 0. The first-order valence-electron chi connectivity index (χ1n) is 12.9. The second-order valence-corrected chi connectivity index (χ2v) is 10.4. The summed E-state index contributed by atoms with van der Waals surface area (Å²) in [5, 5.41) is 34.3. The van der Waals surface area contributed by atoms with E-state index in [1.807, 2.05) is 12.1 Å². The Bertz CT molecular complexity index is 1440. The second-order valence-electron chi connectivity index (χ2n) is 10.4. The van der Waals surface area contributed by atoms with Crippen molar-refractivity contribution >= 4 is 22.8 Å². The van der Waals surface area contributed by atoms with Crippen LogP contribution < -0.4 is 10.6 Å². The summed E-state index contributed by atoms with van der Waals surface area (Å²) in [6, 6.07) is 13.7. The number of halogens is 1. The van der Waals surface area contributed by atoms with E-state index in [0.717, 1.165) is 36.6 Å². The van der Waals surface area contributed by atoms with E-state index in [-0.39, 0.29) is 24.6 Å². The van der Waals surface area contributed by atoms with Crippen LogP contribution in [0.15, 0.2) is 54.7 Å². The van der Waals surface area contributed by atoms with Gasteiger partial charge < -0.3 is 20.8 Å². The molecule has 2 aromatic heterocycles. The topological polar surface area (TPSA) is 123 Å². The Balaban J connectivity index is 1.31. The maximum atomic E-state index is 15.2. The number of pyridine rings is 1. The first kappa shape index (κ1) is 25.8. The predicted molar refractivity (Wildman–Crippen MR) is 144 cm³/mol. The number of nitrogens with zero attached hydrogens (tertiary/aromatic N) is 2. The minimum Gasteiger partial charge on any atom is -0.393 e. The van der Waals surface area contributed by atoms with Gasteiger partial charge in [0.1, 0.15) is 5.82 Å². The average Bonchev–Trinajstić information content (AvgIpc) is 3.31. The van der Waals surface area contributed by atoms with Crippen molar-refractivity contribution in [3.05, 3.63) is 77.2 Å². The van der Waals surface area contributed by atoms with Crippen LogP contribution in [0.3, 0.4) is 0 Å². The van der Waals surface area contributed by atoms with Gasteiger partial charge in [-0.25, -0.2) is 9.37 Å². The number of carbonyl (C=O) groups is 1. The van der Waals surface area contributed by atoms with Gasteiger partial charge in [-0.2, -0.15) is 5.10 Å². The zero-order valence-electron chi connectivity index (χ0n) is 21.5. The third-order valence-electron chi connectivity index (χ3n) is 7.16. The zero-order valence-corrected chi connectivity index (χ0v) is 21.5. The van der Waals surface area contributed by atoms with E-state index < -0.39 is 11.4 Å². The summed E-state index contributed by atoms with van der Waals surface area (Å²) >= 11 is 0. The van der Waals surface area contributed by atoms with Crippen molar-refractivity contribution < 1.29 is 19.4 Å². The fourth-order valence-electron chi connectivity index (χ4n) is 4.87. The fraction of sp³-hybridized carbons (Fsp3) is 0.345. The molecule has 0 radical (unpaired) electrons. The molecule has 0 saturated heterocycles. The van der Waals surface area contributed by atoms with Gasteiger partial charge in [-0.1, -0.05) is 24.3 Å². The number of H-pyrrole nitrogens is 1. The molecule has 198 valence electrons. The van der Waals surface area contributed by atoms with Crippen LogP contribution in [0.2, 0.25) is 0 Å². The van der Waals surface area contributed by atoms with E-state index in [9.17, 15) is 15.0 Å². The molecular formula is C29H32FN5O3. The van der Waals surface area contributed by atoms with Crippen LogP contribution in [-0.4, -0.2) is 43.4 Å². The SMILES string of the molecule is CC(C)(O)c1ccc(C(=O)NCc2ccc(-c3ccnc4[nH]nc(N[C@H]5CC[C@H](O)CC5)c34)cc2F)cc1. The molecule has 1 saturated carbocycles. The van der Waals surface area contributed by atoms with Crippen LogP contribution >= 0.6 is 0 Å². The van der Waals surface area contributed by atoms with Crippen molar-refractivity contribution in [3.63, 3.8) is 0 Å². The summed E-state index contributed by atoms with van der Waals surface area (Å²) in [6.07, 6.45) is 4.62. The molecule has 1 aliphatic rings. The Morgan fingerprint density at radius 3 is 2.53 bits per heavy atom. The van der Waals surface area contributed by atoms with Crippen LogP contribution in [0, 0.1) is 5.82 Å². The lowest BCUT2D eigenvalue weighted by Gasteiger charge is -2.26. The molecule has 0 bridgehead atoms. The number of hydrogen-bond acceptors (Lipinski definition) is 6. The lowest BCUT2D eigenvalue weighted by Crippen LogP contribution is -2.28. The van der Waals surface area contributed by atoms with Gasteiger partial charge in [0.2, 0.25) is 0 Å². The molecule has 38 heavy (non-hydrogen) atoms. The Morgan fingerprint density at radius 2 is 1.84 bits per heavy atom. The average molecular weight is 518 g/mol. The molecule has 8 nitrogen and oxygen atoms in total. The van der Waals surface area contributed by atoms with Crippen molar-refractivity contribution in [2.24, 2.45) is 0 Å². The molecule has 5 N–H and O–H groups in total. The number of aliphatic hydroxyl groups is 2. The number of benzene rings is 2. The number of aromatic nitrogens is 3. The number of hydrogen-bond donors (Lipinski definition) is 5. The molecule has 1 aliphatic carbocycles. The molecular weight excluding hydrogens is 485 g/mol. The minimum absolute atomic E-state index is 0.0377. The van der Waals surface area contributed by atoms with E-state index >= 15 is 4.39 Å². The van der Waals surface area contributed by atoms with Gasteiger partial charge in [-0.3, -0.25) is 9.89 Å². The second kappa shape index (κ2) is 10.5. The number of anilines is 1. The van der Waals surface area contributed by atoms with E-state index in [0.29, 0.717) is 33.7 Å². The predicted octanol–water partition coefficient (Wildman–Crippen LogP) is 4.64. The van der Waals surface area contributed by atoms with Crippen LogP contribution in [0.4, 0.5) is 10.2 Å². The van der Waals surface area contributed by atoms with Crippen molar-refractivity contribution in [1.82, 2.24) is 20.5 Å². The number of fused-ring (bicyclic) bond motifs is 1. The Kier molecular flexibility index (Phi) is 7.14. The maximum absolute atomic E-state index is 15.2.